The molecule has 0 bridgehead atoms. The molecular weight excluding hydrogens is 548 g/mol. The van der Waals surface area contributed by atoms with Gasteiger partial charge in [0.1, 0.15) is 18.6 Å². The summed E-state index contributed by atoms with van der Waals surface area (Å²) in [6, 6.07) is 17.0. The Morgan fingerprint density at radius 1 is 1.07 bits per heavy atom. The number of halogens is 2. The summed E-state index contributed by atoms with van der Waals surface area (Å²) in [5.41, 5.74) is 4.00. The fourth-order valence-corrected chi connectivity index (χ4v) is 5.99. The second-order valence-corrected chi connectivity index (χ2v) is 11.3. The van der Waals surface area contributed by atoms with Gasteiger partial charge in [0.15, 0.2) is 5.67 Å². The Hall–Kier alpha value is -4.38. The highest BCUT2D eigenvalue weighted by Gasteiger charge is 2.49. The second kappa shape index (κ2) is 11.2. The number of thiophene rings is 1. The van der Waals surface area contributed by atoms with Gasteiger partial charge in [-0.2, -0.15) is 0 Å². The number of fused-ring (bicyclic) bond motifs is 2. The van der Waals surface area contributed by atoms with Crippen LogP contribution in [0.3, 0.4) is 0 Å². The van der Waals surface area contributed by atoms with Crippen LogP contribution in [-0.2, 0) is 9.59 Å². The van der Waals surface area contributed by atoms with Crippen LogP contribution in [0, 0.1) is 5.41 Å². The predicted molar refractivity (Wildman–Crippen MR) is 156 cm³/mol. The van der Waals surface area contributed by atoms with Crippen LogP contribution in [0.15, 0.2) is 66.0 Å². The van der Waals surface area contributed by atoms with E-state index in [2.05, 4.69) is 10.6 Å². The lowest BCUT2D eigenvalue weighted by Crippen LogP contribution is -2.49. The number of nitrogens with zero attached hydrogens (tertiary/aromatic N) is 1. The van der Waals surface area contributed by atoms with E-state index >= 15 is 4.39 Å². The first-order valence-electron chi connectivity index (χ1n) is 13.1. The van der Waals surface area contributed by atoms with E-state index in [4.69, 9.17) is 11.1 Å². The van der Waals surface area contributed by atoms with Gasteiger partial charge in [0.2, 0.25) is 11.8 Å². The summed E-state index contributed by atoms with van der Waals surface area (Å²) in [7, 11) is 0. The Morgan fingerprint density at radius 3 is 2.41 bits per heavy atom. The number of hydrogen-bond acceptors (Lipinski definition) is 5. The Bertz CT molecular complexity index is 1670. The van der Waals surface area contributed by atoms with Gasteiger partial charge in [0.25, 0.3) is 5.91 Å². The summed E-state index contributed by atoms with van der Waals surface area (Å²) in [6.45, 7) is -0.718. The van der Waals surface area contributed by atoms with Crippen molar-refractivity contribution in [1.29, 1.82) is 5.41 Å². The van der Waals surface area contributed by atoms with Crippen molar-refractivity contribution in [2.75, 3.05) is 19.8 Å². The molecule has 0 aliphatic carbocycles. The van der Waals surface area contributed by atoms with Crippen LogP contribution in [-0.4, -0.2) is 59.9 Å². The van der Waals surface area contributed by atoms with Crippen molar-refractivity contribution in [2.24, 2.45) is 5.73 Å². The third kappa shape index (κ3) is 5.90. The molecule has 3 aromatic carbocycles. The lowest BCUT2D eigenvalue weighted by molar-refractivity contribution is -0.138. The second-order valence-electron chi connectivity index (χ2n) is 10.4. The van der Waals surface area contributed by atoms with E-state index in [0.717, 1.165) is 26.4 Å². The predicted octanol–water partition coefficient (Wildman–Crippen LogP) is 4.22. The maximum Gasteiger partial charge on any atom is 0.251 e. The molecule has 41 heavy (non-hydrogen) atoms. The minimum absolute atomic E-state index is 0.108. The molecule has 0 saturated carbocycles. The number of amides is 3. The van der Waals surface area contributed by atoms with Crippen LogP contribution in [0.25, 0.3) is 21.5 Å². The number of hydrogen-bond donors (Lipinski definition) is 4. The molecule has 11 heteroatoms. The maximum atomic E-state index is 15.1. The van der Waals surface area contributed by atoms with Crippen molar-refractivity contribution in [3.8, 4) is 0 Å². The number of nitrogen functional groups attached to an aromatic ring is 1. The van der Waals surface area contributed by atoms with Gasteiger partial charge in [-0.15, -0.1) is 11.3 Å². The van der Waals surface area contributed by atoms with Crippen LogP contribution < -0.4 is 16.4 Å². The van der Waals surface area contributed by atoms with E-state index in [1.807, 2.05) is 42.5 Å². The normalized spacial score (nSPS) is 19.3. The number of amidine groups is 1. The van der Waals surface area contributed by atoms with Crippen molar-refractivity contribution in [2.45, 2.75) is 31.1 Å². The Labute approximate surface area is 239 Å². The molecule has 3 amide bonds. The van der Waals surface area contributed by atoms with Crippen molar-refractivity contribution in [1.82, 2.24) is 15.5 Å². The molecule has 1 aliphatic rings. The molecule has 1 aliphatic heterocycles. The topological polar surface area (TPSA) is 128 Å². The highest BCUT2D eigenvalue weighted by atomic mass is 32.1. The number of benzene rings is 3. The molecule has 1 unspecified atom stereocenters. The molecule has 1 fully saturated rings. The average molecular weight is 578 g/mol. The smallest absolute Gasteiger partial charge is 0.251 e. The van der Waals surface area contributed by atoms with E-state index in [0.29, 0.717) is 16.0 Å². The Kier molecular flexibility index (Phi) is 7.72. The van der Waals surface area contributed by atoms with E-state index in [-0.39, 0.29) is 5.84 Å². The third-order valence-electron chi connectivity index (χ3n) is 7.34. The molecule has 8 nitrogen and oxygen atoms in total. The quantitative estimate of drug-likeness (QED) is 0.142. The van der Waals surface area contributed by atoms with Crippen molar-refractivity contribution in [3.63, 3.8) is 0 Å². The molecule has 1 saturated heterocycles. The summed E-state index contributed by atoms with van der Waals surface area (Å²) >= 11 is 1.29. The van der Waals surface area contributed by atoms with Gasteiger partial charge in [0, 0.05) is 27.8 Å². The van der Waals surface area contributed by atoms with Crippen LogP contribution in [0.2, 0.25) is 0 Å². The molecular formula is C30H29F2N5O3S. The third-order valence-corrected chi connectivity index (χ3v) is 8.45. The summed E-state index contributed by atoms with van der Waals surface area (Å²) in [5.74, 6) is -1.94. The first-order chi connectivity index (χ1) is 19.6. The summed E-state index contributed by atoms with van der Waals surface area (Å²) in [6.07, 6.45) is -0.497. The van der Waals surface area contributed by atoms with Gasteiger partial charge >= 0.3 is 0 Å². The van der Waals surface area contributed by atoms with Crippen molar-refractivity contribution < 1.29 is 23.2 Å². The highest BCUT2D eigenvalue weighted by molar-refractivity contribution is 7.10. The molecule has 212 valence electrons. The zero-order valence-corrected chi connectivity index (χ0v) is 23.1. The molecule has 1 aromatic heterocycles. The fourth-order valence-electron chi connectivity index (χ4n) is 5.07. The first-order valence-corrected chi connectivity index (χ1v) is 13.9. The number of likely N-dealkylation sites (tertiary alicyclic amines) is 1. The van der Waals surface area contributed by atoms with Gasteiger partial charge < -0.3 is 21.3 Å². The van der Waals surface area contributed by atoms with E-state index in [1.54, 1.807) is 30.5 Å². The lowest BCUT2D eigenvalue weighted by atomic mass is 10.0. The minimum Gasteiger partial charge on any atom is -0.384 e. The van der Waals surface area contributed by atoms with Crippen LogP contribution in [0.5, 0.6) is 0 Å². The fraction of sp³-hybridized carbons (Fsp3) is 0.267. The summed E-state index contributed by atoms with van der Waals surface area (Å²) in [4.78, 5) is 40.8. The van der Waals surface area contributed by atoms with E-state index < -0.39 is 61.7 Å². The van der Waals surface area contributed by atoms with E-state index in [1.165, 1.54) is 11.3 Å². The monoisotopic (exact) mass is 577 g/mol. The number of nitrogens with two attached hydrogens (primary N) is 1. The lowest BCUT2D eigenvalue weighted by Gasteiger charge is -2.25. The number of rotatable bonds is 8. The van der Waals surface area contributed by atoms with Crippen LogP contribution in [0.4, 0.5) is 8.78 Å². The van der Waals surface area contributed by atoms with Crippen LogP contribution >= 0.6 is 11.3 Å². The molecule has 5 rings (SSSR count). The summed E-state index contributed by atoms with van der Waals surface area (Å²) < 4.78 is 28.6. The Balaban J connectivity index is 1.26. The zero-order chi connectivity index (χ0) is 29.3. The van der Waals surface area contributed by atoms with E-state index in [9.17, 15) is 18.8 Å². The van der Waals surface area contributed by atoms with Gasteiger partial charge in [-0.3, -0.25) is 19.8 Å². The molecule has 5 N–H and O–H groups in total. The highest BCUT2D eigenvalue weighted by Crippen LogP contribution is 2.32. The largest absolute Gasteiger partial charge is 0.384 e. The first kappa shape index (κ1) is 28.2. The van der Waals surface area contributed by atoms with Crippen molar-refractivity contribution >= 4 is 56.4 Å². The van der Waals surface area contributed by atoms with Gasteiger partial charge in [-0.05, 0) is 58.8 Å². The maximum absolute atomic E-state index is 15.1. The SMILES string of the molecule is C[C@@H](NC(=O)C1C[C@](F)(CF)CN1C(=O)CNC(=O)c1ccc2cc3ccccc3cc2c1)c1cc(C(=N)N)cs1. The summed E-state index contributed by atoms with van der Waals surface area (Å²) in [5, 5.41) is 18.5. The number of alkyl halides is 2. The molecule has 0 spiro atoms. The molecule has 4 aromatic rings. The van der Waals surface area contributed by atoms with Gasteiger partial charge in [0.05, 0.1) is 19.1 Å². The molecule has 2 heterocycles. The number of carbonyl (C=O) groups excluding carboxylic acids is 3. The van der Waals surface area contributed by atoms with Gasteiger partial charge in [-0.25, -0.2) is 8.78 Å². The number of carbonyl (C=O) groups is 3. The van der Waals surface area contributed by atoms with Gasteiger partial charge in [-0.1, -0.05) is 30.3 Å². The average Bonchev–Trinajstić information content (AvgIpc) is 3.60. The van der Waals surface area contributed by atoms with Crippen molar-refractivity contribution in [3.05, 3.63) is 82.0 Å². The Morgan fingerprint density at radius 2 is 1.76 bits per heavy atom. The minimum atomic E-state index is -2.36. The zero-order valence-electron chi connectivity index (χ0n) is 22.2. The number of nitrogens with one attached hydrogen (secondary N) is 3. The molecule has 3 atom stereocenters. The van der Waals surface area contributed by atoms with Crippen LogP contribution in [0.1, 0.15) is 40.2 Å². The standard InChI is InChI=1S/C30H29F2N5O3S/c1-17(25-11-23(14-41-25)27(33)34)36-29(40)24-12-30(32,15-31)16-37(24)26(38)13-35-28(39)21-7-6-20-8-18-4-2-3-5-19(18)9-22(20)10-21/h2-11,14,17,24H,12-13,15-16H2,1H3,(H3,33,34)(H,35,39)(H,36,40)/t17-,24?,30+/m1/s1. The molecule has 0 radical (unpaired) electrons.